The number of hydrogen-bond acceptors (Lipinski definition) is 6. The van der Waals surface area contributed by atoms with E-state index in [0.717, 1.165) is 16.9 Å². The van der Waals surface area contributed by atoms with Gasteiger partial charge in [-0.1, -0.05) is 78.7 Å². The van der Waals surface area contributed by atoms with Crippen molar-refractivity contribution >= 4 is 55.6 Å². The van der Waals surface area contributed by atoms with Crippen molar-refractivity contribution in [2.75, 3.05) is 5.32 Å². The standard InChI is InChI=1S/C20H20Cl2N4O3S2/c1-12(2)10-17(13-6-4-3-5-7-13)26-31(28,29)20-25-24-19(30-20)23-18(27)15-9-8-14(21)11-16(15)22/h3-9,11-12,17,26H,10H2,1-2H3,(H,23,24,27)/t17-/m1/s1. The predicted molar refractivity (Wildman–Crippen MR) is 123 cm³/mol. The zero-order valence-corrected chi connectivity index (χ0v) is 19.8. The summed E-state index contributed by atoms with van der Waals surface area (Å²) in [5.74, 6) is -0.280. The van der Waals surface area contributed by atoms with E-state index >= 15 is 0 Å². The fourth-order valence-corrected chi connectivity index (χ4v) is 5.50. The van der Waals surface area contributed by atoms with Gasteiger partial charge in [-0.05, 0) is 36.1 Å². The molecule has 1 aromatic heterocycles. The maximum Gasteiger partial charge on any atom is 0.270 e. The fourth-order valence-electron chi connectivity index (χ4n) is 2.85. The highest BCUT2D eigenvalue weighted by molar-refractivity contribution is 7.91. The van der Waals surface area contributed by atoms with Crippen LogP contribution in [0.25, 0.3) is 0 Å². The number of carbonyl (C=O) groups excluding carboxylic acids is 1. The minimum atomic E-state index is -3.95. The van der Waals surface area contributed by atoms with Gasteiger partial charge in [0.15, 0.2) is 0 Å². The lowest BCUT2D eigenvalue weighted by atomic mass is 9.98. The van der Waals surface area contributed by atoms with E-state index in [4.69, 9.17) is 23.2 Å². The molecule has 2 N–H and O–H groups in total. The summed E-state index contributed by atoms with van der Waals surface area (Å²) in [4.78, 5) is 12.4. The summed E-state index contributed by atoms with van der Waals surface area (Å²) in [6.45, 7) is 4.04. The molecule has 1 heterocycles. The van der Waals surface area contributed by atoms with E-state index in [-0.39, 0.29) is 26.0 Å². The number of rotatable bonds is 8. The van der Waals surface area contributed by atoms with Gasteiger partial charge in [0.2, 0.25) is 9.47 Å². The maximum absolute atomic E-state index is 12.9. The molecule has 1 amide bonds. The van der Waals surface area contributed by atoms with E-state index < -0.39 is 22.0 Å². The van der Waals surface area contributed by atoms with Crippen molar-refractivity contribution < 1.29 is 13.2 Å². The van der Waals surface area contributed by atoms with Crippen LogP contribution in [-0.4, -0.2) is 24.5 Å². The first kappa shape index (κ1) is 23.6. The van der Waals surface area contributed by atoms with Crippen molar-refractivity contribution in [3.8, 4) is 0 Å². The predicted octanol–water partition coefficient (Wildman–Crippen LogP) is 5.16. The first-order valence-electron chi connectivity index (χ1n) is 9.33. The Bertz CT molecular complexity index is 1170. The van der Waals surface area contributed by atoms with Gasteiger partial charge in [-0.3, -0.25) is 10.1 Å². The number of nitrogens with one attached hydrogen (secondary N) is 2. The number of nitrogens with zero attached hydrogens (tertiary/aromatic N) is 2. The third-order valence-electron chi connectivity index (χ3n) is 4.24. The number of sulfonamides is 1. The van der Waals surface area contributed by atoms with Crippen LogP contribution in [0.5, 0.6) is 0 Å². The van der Waals surface area contributed by atoms with E-state index in [1.54, 1.807) is 0 Å². The Morgan fingerprint density at radius 1 is 1.10 bits per heavy atom. The number of anilines is 1. The van der Waals surface area contributed by atoms with Gasteiger partial charge in [-0.15, -0.1) is 10.2 Å². The molecule has 3 rings (SSSR count). The largest absolute Gasteiger partial charge is 0.296 e. The molecular formula is C20H20Cl2N4O3S2. The van der Waals surface area contributed by atoms with E-state index in [1.165, 1.54) is 18.2 Å². The quantitative estimate of drug-likeness (QED) is 0.417. The molecular weight excluding hydrogens is 479 g/mol. The highest BCUT2D eigenvalue weighted by Crippen LogP contribution is 2.27. The molecule has 3 aromatic rings. The van der Waals surface area contributed by atoms with Crippen molar-refractivity contribution in [2.45, 2.75) is 30.6 Å². The van der Waals surface area contributed by atoms with Gasteiger partial charge in [-0.2, -0.15) is 0 Å². The van der Waals surface area contributed by atoms with E-state index in [9.17, 15) is 13.2 Å². The Hall–Kier alpha value is -2.04. The molecule has 0 saturated heterocycles. The Balaban J connectivity index is 1.77. The zero-order valence-electron chi connectivity index (χ0n) is 16.7. The molecule has 0 radical (unpaired) electrons. The third-order valence-corrected chi connectivity index (χ3v) is 7.46. The van der Waals surface area contributed by atoms with Crippen LogP contribution in [-0.2, 0) is 10.0 Å². The highest BCUT2D eigenvalue weighted by atomic mass is 35.5. The summed E-state index contributed by atoms with van der Waals surface area (Å²) in [5.41, 5.74) is 1.04. The second kappa shape index (κ2) is 10.1. The SMILES string of the molecule is CC(C)C[C@@H](NS(=O)(=O)c1nnc(NC(=O)c2ccc(Cl)cc2Cl)s1)c1ccccc1. The second-order valence-electron chi connectivity index (χ2n) is 7.17. The molecule has 0 saturated carbocycles. The second-order valence-corrected chi connectivity index (χ2v) is 10.9. The maximum atomic E-state index is 12.9. The summed E-state index contributed by atoms with van der Waals surface area (Å²) < 4.78 is 28.3. The average molecular weight is 499 g/mol. The monoisotopic (exact) mass is 498 g/mol. The lowest BCUT2D eigenvalue weighted by Crippen LogP contribution is -2.29. The van der Waals surface area contributed by atoms with Gasteiger partial charge < -0.3 is 0 Å². The van der Waals surface area contributed by atoms with Crippen LogP contribution < -0.4 is 10.0 Å². The number of halogens is 2. The number of amides is 1. The molecule has 0 aliphatic carbocycles. The van der Waals surface area contributed by atoms with Crippen LogP contribution in [0.15, 0.2) is 52.9 Å². The minimum Gasteiger partial charge on any atom is -0.296 e. The Morgan fingerprint density at radius 3 is 2.45 bits per heavy atom. The Kier molecular flexibility index (Phi) is 7.66. The number of benzene rings is 2. The van der Waals surface area contributed by atoms with E-state index in [0.29, 0.717) is 11.4 Å². The van der Waals surface area contributed by atoms with Gasteiger partial charge in [-0.25, -0.2) is 13.1 Å². The lowest BCUT2D eigenvalue weighted by molar-refractivity contribution is 0.102. The lowest BCUT2D eigenvalue weighted by Gasteiger charge is -2.20. The van der Waals surface area contributed by atoms with Crippen LogP contribution in [0.3, 0.4) is 0 Å². The number of carbonyl (C=O) groups is 1. The molecule has 7 nitrogen and oxygen atoms in total. The fraction of sp³-hybridized carbons (Fsp3) is 0.250. The van der Waals surface area contributed by atoms with E-state index in [2.05, 4.69) is 20.2 Å². The Labute approximate surface area is 194 Å². The van der Waals surface area contributed by atoms with Gasteiger partial charge in [0.1, 0.15) is 0 Å². The first-order valence-corrected chi connectivity index (χ1v) is 12.4. The van der Waals surface area contributed by atoms with Gasteiger partial charge in [0.05, 0.1) is 10.6 Å². The summed E-state index contributed by atoms with van der Waals surface area (Å²) in [7, 11) is -3.95. The summed E-state index contributed by atoms with van der Waals surface area (Å²) in [5, 5.41) is 10.6. The summed E-state index contributed by atoms with van der Waals surface area (Å²) in [6, 6.07) is 13.4. The molecule has 0 bridgehead atoms. The highest BCUT2D eigenvalue weighted by Gasteiger charge is 2.26. The molecule has 31 heavy (non-hydrogen) atoms. The topological polar surface area (TPSA) is 101 Å². The van der Waals surface area contributed by atoms with Crippen molar-refractivity contribution in [3.05, 3.63) is 69.7 Å². The molecule has 1 atom stereocenters. The number of hydrogen-bond donors (Lipinski definition) is 2. The molecule has 0 aliphatic heterocycles. The molecule has 0 unspecified atom stereocenters. The molecule has 0 spiro atoms. The van der Waals surface area contributed by atoms with Crippen LogP contribution in [0.1, 0.15) is 42.2 Å². The van der Waals surface area contributed by atoms with Crippen molar-refractivity contribution in [3.63, 3.8) is 0 Å². The minimum absolute atomic E-state index is 0.0384. The summed E-state index contributed by atoms with van der Waals surface area (Å²) >= 11 is 12.6. The summed E-state index contributed by atoms with van der Waals surface area (Å²) in [6.07, 6.45) is 0.612. The third kappa shape index (κ3) is 6.24. The smallest absolute Gasteiger partial charge is 0.270 e. The number of aromatic nitrogens is 2. The van der Waals surface area contributed by atoms with Crippen molar-refractivity contribution in [2.24, 2.45) is 5.92 Å². The molecule has 11 heteroatoms. The van der Waals surface area contributed by atoms with Crippen LogP contribution in [0.4, 0.5) is 5.13 Å². The molecule has 0 fully saturated rings. The molecule has 164 valence electrons. The van der Waals surface area contributed by atoms with Gasteiger partial charge >= 0.3 is 0 Å². The Morgan fingerprint density at radius 2 is 1.81 bits per heavy atom. The van der Waals surface area contributed by atoms with Gasteiger partial charge in [0, 0.05) is 11.1 Å². The van der Waals surface area contributed by atoms with Gasteiger partial charge in [0.25, 0.3) is 15.9 Å². The first-order chi connectivity index (χ1) is 14.7. The van der Waals surface area contributed by atoms with Crippen molar-refractivity contribution in [1.29, 1.82) is 0 Å². The van der Waals surface area contributed by atoms with Crippen LogP contribution in [0.2, 0.25) is 10.0 Å². The average Bonchev–Trinajstić information content (AvgIpc) is 3.17. The van der Waals surface area contributed by atoms with Crippen LogP contribution in [0, 0.1) is 5.92 Å². The molecule has 0 aliphatic rings. The van der Waals surface area contributed by atoms with Crippen molar-refractivity contribution in [1.82, 2.24) is 14.9 Å². The molecule has 2 aromatic carbocycles. The van der Waals surface area contributed by atoms with Crippen LogP contribution >= 0.6 is 34.5 Å². The zero-order chi connectivity index (χ0) is 22.6. The van der Waals surface area contributed by atoms with E-state index in [1.807, 2.05) is 44.2 Å². The normalized spacial score (nSPS) is 12.7.